The zero-order valence-electron chi connectivity index (χ0n) is 11.1. The van der Waals surface area contributed by atoms with E-state index in [1.807, 2.05) is 36.0 Å². The number of aromatic nitrogens is 4. The first-order valence-corrected chi connectivity index (χ1v) is 7.28. The molecule has 0 radical (unpaired) electrons. The molecule has 20 heavy (non-hydrogen) atoms. The standard InChI is InChI=1S/C14H14Cl2N4/c1-19-10(6-8-17-19)9-20-12-4-2-3-11(16)14(12)18-13(20)5-7-15/h2-4,6,8H,5,7,9H2,1H3. The van der Waals surface area contributed by atoms with Crippen molar-refractivity contribution >= 4 is 34.2 Å². The number of imidazole rings is 1. The predicted octanol–water partition coefficient (Wildman–Crippen LogP) is 3.25. The third kappa shape index (κ3) is 2.30. The van der Waals surface area contributed by atoms with Gasteiger partial charge in [0.05, 0.1) is 22.8 Å². The Morgan fingerprint density at radius 1 is 1.25 bits per heavy atom. The maximum absolute atomic E-state index is 6.23. The van der Waals surface area contributed by atoms with Crippen LogP contribution in [0.4, 0.5) is 0 Å². The minimum absolute atomic E-state index is 0.534. The van der Waals surface area contributed by atoms with Gasteiger partial charge < -0.3 is 4.57 Å². The van der Waals surface area contributed by atoms with Crippen molar-refractivity contribution in [1.82, 2.24) is 19.3 Å². The summed E-state index contributed by atoms with van der Waals surface area (Å²) < 4.78 is 4.02. The van der Waals surface area contributed by atoms with E-state index < -0.39 is 0 Å². The fourth-order valence-corrected chi connectivity index (χ4v) is 2.71. The molecule has 2 heterocycles. The molecule has 0 bridgehead atoms. The third-order valence-electron chi connectivity index (χ3n) is 3.37. The zero-order valence-corrected chi connectivity index (χ0v) is 12.6. The minimum atomic E-state index is 0.534. The Balaban J connectivity index is 2.14. The molecule has 104 valence electrons. The van der Waals surface area contributed by atoms with Crippen molar-refractivity contribution in [3.8, 4) is 0 Å². The highest BCUT2D eigenvalue weighted by Crippen LogP contribution is 2.25. The van der Waals surface area contributed by atoms with E-state index in [4.69, 9.17) is 23.2 Å². The van der Waals surface area contributed by atoms with Crippen molar-refractivity contribution in [2.24, 2.45) is 7.05 Å². The molecule has 3 rings (SSSR count). The fourth-order valence-electron chi connectivity index (χ4n) is 2.33. The second-order valence-corrected chi connectivity index (χ2v) is 5.39. The summed E-state index contributed by atoms with van der Waals surface area (Å²) in [4.78, 5) is 4.63. The van der Waals surface area contributed by atoms with Crippen LogP contribution in [0.5, 0.6) is 0 Å². The van der Waals surface area contributed by atoms with E-state index in [0.717, 1.165) is 22.6 Å². The summed E-state index contributed by atoms with van der Waals surface area (Å²) in [6.45, 7) is 0.708. The predicted molar refractivity (Wildman–Crippen MR) is 81.5 cm³/mol. The number of hydrogen-bond donors (Lipinski definition) is 0. The van der Waals surface area contributed by atoms with Gasteiger partial charge in [0.25, 0.3) is 0 Å². The lowest BCUT2D eigenvalue weighted by atomic mass is 10.3. The molecule has 0 N–H and O–H groups in total. The highest BCUT2D eigenvalue weighted by atomic mass is 35.5. The van der Waals surface area contributed by atoms with Crippen LogP contribution in [0, 0.1) is 0 Å². The first-order valence-electron chi connectivity index (χ1n) is 6.37. The van der Waals surface area contributed by atoms with Crippen LogP contribution in [0.3, 0.4) is 0 Å². The monoisotopic (exact) mass is 308 g/mol. The zero-order chi connectivity index (χ0) is 14.1. The molecule has 0 aliphatic rings. The molecule has 0 fully saturated rings. The molecule has 0 amide bonds. The van der Waals surface area contributed by atoms with Gasteiger partial charge in [0, 0.05) is 25.5 Å². The van der Waals surface area contributed by atoms with Crippen molar-refractivity contribution in [2.75, 3.05) is 5.88 Å². The Hall–Kier alpha value is -1.52. The number of alkyl halides is 1. The second-order valence-electron chi connectivity index (χ2n) is 4.61. The Kier molecular flexibility index (Phi) is 3.68. The van der Waals surface area contributed by atoms with Crippen molar-refractivity contribution in [3.05, 3.63) is 47.0 Å². The molecule has 2 aromatic heterocycles. The molecule has 0 aliphatic carbocycles. The summed E-state index contributed by atoms with van der Waals surface area (Å²) in [6.07, 6.45) is 2.51. The van der Waals surface area contributed by atoms with Crippen LogP contribution in [0.25, 0.3) is 11.0 Å². The molecule has 6 heteroatoms. The van der Waals surface area contributed by atoms with E-state index >= 15 is 0 Å². The number of fused-ring (bicyclic) bond motifs is 1. The van der Waals surface area contributed by atoms with Crippen LogP contribution in [0.1, 0.15) is 11.5 Å². The molecule has 0 saturated carbocycles. The van der Waals surface area contributed by atoms with Gasteiger partial charge in [-0.1, -0.05) is 17.7 Å². The van der Waals surface area contributed by atoms with Gasteiger partial charge in [-0.25, -0.2) is 4.98 Å². The fraction of sp³-hybridized carbons (Fsp3) is 0.286. The van der Waals surface area contributed by atoms with Crippen molar-refractivity contribution in [3.63, 3.8) is 0 Å². The number of hydrogen-bond acceptors (Lipinski definition) is 2. The van der Waals surface area contributed by atoms with Crippen molar-refractivity contribution in [2.45, 2.75) is 13.0 Å². The van der Waals surface area contributed by atoms with Crippen LogP contribution in [-0.2, 0) is 20.0 Å². The second kappa shape index (κ2) is 5.46. The van der Waals surface area contributed by atoms with Crippen molar-refractivity contribution < 1.29 is 0 Å². The highest BCUT2D eigenvalue weighted by Gasteiger charge is 2.13. The van der Waals surface area contributed by atoms with Crippen LogP contribution in [0.2, 0.25) is 5.02 Å². The van der Waals surface area contributed by atoms with E-state index in [-0.39, 0.29) is 0 Å². The van der Waals surface area contributed by atoms with Crippen LogP contribution in [-0.4, -0.2) is 25.2 Å². The molecule has 0 unspecified atom stereocenters. The molecular formula is C14H14Cl2N4. The van der Waals surface area contributed by atoms with Gasteiger partial charge in [0.15, 0.2) is 0 Å². The Morgan fingerprint density at radius 2 is 2.10 bits per heavy atom. The first kappa shape index (κ1) is 13.5. The lowest BCUT2D eigenvalue weighted by Gasteiger charge is -2.08. The largest absolute Gasteiger partial charge is 0.322 e. The van der Waals surface area contributed by atoms with Crippen LogP contribution < -0.4 is 0 Å². The molecular weight excluding hydrogens is 295 g/mol. The molecule has 0 spiro atoms. The van der Waals surface area contributed by atoms with Gasteiger partial charge in [0.1, 0.15) is 11.3 Å². The van der Waals surface area contributed by atoms with E-state index in [2.05, 4.69) is 14.6 Å². The summed E-state index contributed by atoms with van der Waals surface area (Å²) in [5.74, 6) is 1.48. The lowest BCUT2D eigenvalue weighted by Crippen LogP contribution is -2.09. The summed E-state index contributed by atoms with van der Waals surface area (Å²) in [6, 6.07) is 7.83. The number of para-hydroxylation sites is 1. The average molecular weight is 309 g/mol. The number of rotatable bonds is 4. The Bertz CT molecular complexity index is 745. The lowest BCUT2D eigenvalue weighted by molar-refractivity contribution is 0.657. The maximum atomic E-state index is 6.23. The van der Waals surface area contributed by atoms with Gasteiger partial charge in [-0.05, 0) is 18.2 Å². The van der Waals surface area contributed by atoms with Crippen LogP contribution in [0.15, 0.2) is 30.5 Å². The van der Waals surface area contributed by atoms with Crippen molar-refractivity contribution in [1.29, 1.82) is 0 Å². The molecule has 4 nitrogen and oxygen atoms in total. The maximum Gasteiger partial charge on any atom is 0.111 e. The van der Waals surface area contributed by atoms with Gasteiger partial charge in [0.2, 0.25) is 0 Å². The van der Waals surface area contributed by atoms with Gasteiger partial charge >= 0.3 is 0 Å². The summed E-state index contributed by atoms with van der Waals surface area (Å²) >= 11 is 12.1. The normalized spacial score (nSPS) is 11.3. The first-order chi connectivity index (χ1) is 9.70. The Labute approximate surface area is 126 Å². The summed E-state index contributed by atoms with van der Waals surface area (Å²) in [5, 5.41) is 4.87. The van der Waals surface area contributed by atoms with E-state index in [9.17, 15) is 0 Å². The topological polar surface area (TPSA) is 35.6 Å². The van der Waals surface area contributed by atoms with E-state index in [1.54, 1.807) is 6.20 Å². The van der Waals surface area contributed by atoms with Gasteiger partial charge in [-0.15, -0.1) is 11.6 Å². The van der Waals surface area contributed by atoms with Gasteiger partial charge in [-0.3, -0.25) is 4.68 Å². The van der Waals surface area contributed by atoms with E-state index in [0.29, 0.717) is 23.9 Å². The molecule has 0 atom stereocenters. The summed E-state index contributed by atoms with van der Waals surface area (Å²) in [5.41, 5.74) is 2.97. The highest BCUT2D eigenvalue weighted by molar-refractivity contribution is 6.34. The number of benzene rings is 1. The van der Waals surface area contributed by atoms with E-state index in [1.165, 1.54) is 0 Å². The molecule has 1 aromatic carbocycles. The number of aryl methyl sites for hydroxylation is 2. The average Bonchev–Trinajstić information content (AvgIpc) is 2.98. The Morgan fingerprint density at radius 3 is 2.80 bits per heavy atom. The van der Waals surface area contributed by atoms with Gasteiger partial charge in [-0.2, -0.15) is 5.10 Å². The molecule has 0 aliphatic heterocycles. The van der Waals surface area contributed by atoms with Crippen LogP contribution >= 0.6 is 23.2 Å². The quantitative estimate of drug-likeness (QED) is 0.694. The molecule has 3 aromatic rings. The number of nitrogens with zero attached hydrogens (tertiary/aromatic N) is 4. The molecule has 0 saturated heterocycles. The minimum Gasteiger partial charge on any atom is -0.322 e. The summed E-state index contributed by atoms with van der Waals surface area (Å²) in [7, 11) is 1.93. The SMILES string of the molecule is Cn1nccc1Cn1c(CCCl)nc2c(Cl)cccc21. The number of halogens is 2. The smallest absolute Gasteiger partial charge is 0.111 e. The third-order valence-corrected chi connectivity index (χ3v) is 3.86.